The van der Waals surface area contributed by atoms with Gasteiger partial charge < -0.3 is 14.0 Å². The molecule has 9 nitrogen and oxygen atoms in total. The smallest absolute Gasteiger partial charge is 0.254 e. The molecular weight excluding hydrogens is 418 g/mol. The molecule has 1 aliphatic rings. The van der Waals surface area contributed by atoms with Crippen LogP contribution in [0, 0.1) is 13.8 Å². The van der Waals surface area contributed by atoms with Crippen molar-refractivity contribution in [2.24, 2.45) is 0 Å². The van der Waals surface area contributed by atoms with Crippen molar-refractivity contribution in [1.82, 2.24) is 34.4 Å². The quantitative estimate of drug-likeness (QED) is 0.491. The van der Waals surface area contributed by atoms with Gasteiger partial charge in [-0.1, -0.05) is 12.1 Å². The average molecular weight is 446 g/mol. The fourth-order valence-electron chi connectivity index (χ4n) is 4.05. The number of aryl methyl sites for hydroxylation is 2. The summed E-state index contributed by atoms with van der Waals surface area (Å²) in [4.78, 5) is 26.2. The summed E-state index contributed by atoms with van der Waals surface area (Å²) in [6.07, 6.45) is 4.01. The van der Waals surface area contributed by atoms with E-state index in [0.717, 1.165) is 36.1 Å². The molecule has 4 heterocycles. The number of piperazine rings is 1. The van der Waals surface area contributed by atoms with Gasteiger partial charge in [0.1, 0.15) is 23.8 Å². The van der Waals surface area contributed by atoms with Gasteiger partial charge in [-0.25, -0.2) is 9.97 Å². The summed E-state index contributed by atoms with van der Waals surface area (Å²) in [5.41, 5.74) is 3.54. The molecule has 0 saturated carbocycles. The second kappa shape index (κ2) is 9.03. The number of pyridine rings is 1. The van der Waals surface area contributed by atoms with Crippen LogP contribution in [0.2, 0.25) is 0 Å². The first kappa shape index (κ1) is 21.1. The van der Waals surface area contributed by atoms with Crippen molar-refractivity contribution in [2.45, 2.75) is 27.0 Å². The molecule has 0 unspecified atom stereocenters. The molecule has 1 amide bonds. The minimum Gasteiger partial charge on any atom is -0.487 e. The Morgan fingerprint density at radius 1 is 1.06 bits per heavy atom. The van der Waals surface area contributed by atoms with Crippen LogP contribution in [-0.4, -0.2) is 66.5 Å². The lowest BCUT2D eigenvalue weighted by Gasteiger charge is -2.34. The van der Waals surface area contributed by atoms with Crippen LogP contribution in [-0.2, 0) is 13.2 Å². The molecule has 1 N–H and O–H groups in total. The van der Waals surface area contributed by atoms with Crippen molar-refractivity contribution in [3.05, 3.63) is 77.3 Å². The molecule has 5 rings (SSSR count). The van der Waals surface area contributed by atoms with Crippen LogP contribution in [0.1, 0.15) is 33.3 Å². The first-order valence-electron chi connectivity index (χ1n) is 11.1. The summed E-state index contributed by atoms with van der Waals surface area (Å²) in [5, 5.41) is 7.07. The van der Waals surface area contributed by atoms with Crippen LogP contribution in [0.15, 0.2) is 48.8 Å². The summed E-state index contributed by atoms with van der Waals surface area (Å²) in [7, 11) is 0. The van der Waals surface area contributed by atoms with Crippen LogP contribution in [0.3, 0.4) is 0 Å². The molecule has 0 bridgehead atoms. The maximum absolute atomic E-state index is 13.1. The van der Waals surface area contributed by atoms with Gasteiger partial charge in [-0.15, -0.1) is 0 Å². The van der Waals surface area contributed by atoms with E-state index in [1.165, 1.54) is 5.56 Å². The molecule has 4 aromatic rings. The molecule has 0 radical (unpaired) electrons. The number of rotatable bonds is 6. The molecule has 0 spiro atoms. The monoisotopic (exact) mass is 445 g/mol. The number of aromatic amines is 1. The van der Waals surface area contributed by atoms with Crippen molar-refractivity contribution < 1.29 is 9.53 Å². The first-order valence-corrected chi connectivity index (χ1v) is 11.1. The van der Waals surface area contributed by atoms with Crippen LogP contribution in [0.4, 0.5) is 0 Å². The Morgan fingerprint density at radius 3 is 2.70 bits per heavy atom. The lowest BCUT2D eigenvalue weighted by atomic mass is 10.1. The fraction of sp³-hybridized carbons (Fsp3) is 0.333. The van der Waals surface area contributed by atoms with Crippen molar-refractivity contribution in [2.75, 3.05) is 26.2 Å². The predicted molar refractivity (Wildman–Crippen MR) is 123 cm³/mol. The first-order chi connectivity index (χ1) is 16.0. The minimum absolute atomic E-state index is 0.0250. The Kier molecular flexibility index (Phi) is 5.78. The number of carbonyl (C=O) groups is 1. The Labute approximate surface area is 192 Å². The highest BCUT2D eigenvalue weighted by Crippen LogP contribution is 2.18. The molecule has 9 heteroatoms. The van der Waals surface area contributed by atoms with Crippen LogP contribution >= 0.6 is 0 Å². The van der Waals surface area contributed by atoms with Crippen molar-refractivity contribution in [3.8, 4) is 5.75 Å². The third kappa shape index (κ3) is 4.88. The standard InChI is InChI=1S/C24H27N7O2/c1-17-6-7-23-26-20(14-31(23)13-17)16-33-21-5-3-4-19(12-21)24(32)30-10-8-29(9-11-30)15-22-25-18(2)27-28-22/h3-7,12-14H,8-11,15-16H2,1-2H3,(H,25,27,28). The van der Waals surface area contributed by atoms with Gasteiger partial charge >= 0.3 is 0 Å². The zero-order valence-electron chi connectivity index (χ0n) is 18.9. The van der Waals surface area contributed by atoms with E-state index in [2.05, 4.69) is 32.0 Å². The van der Waals surface area contributed by atoms with E-state index in [9.17, 15) is 4.79 Å². The van der Waals surface area contributed by atoms with Crippen LogP contribution < -0.4 is 4.74 Å². The number of fused-ring (bicyclic) bond motifs is 1. The SMILES string of the molecule is Cc1ccc2nc(COc3cccc(C(=O)N4CCN(Cc5n[nH]c(C)n5)CC4)c3)cn2c1. The molecular formula is C24H27N7O2. The Morgan fingerprint density at radius 2 is 1.91 bits per heavy atom. The van der Waals surface area contributed by atoms with Crippen LogP contribution in [0.25, 0.3) is 5.65 Å². The normalized spacial score (nSPS) is 14.7. The molecule has 3 aromatic heterocycles. The number of hydrogen-bond donors (Lipinski definition) is 1. The summed E-state index contributed by atoms with van der Waals surface area (Å²) < 4.78 is 7.94. The zero-order valence-corrected chi connectivity index (χ0v) is 18.9. The lowest BCUT2D eigenvalue weighted by molar-refractivity contribution is 0.0625. The highest BCUT2D eigenvalue weighted by Gasteiger charge is 2.23. The number of H-pyrrole nitrogens is 1. The van der Waals surface area contributed by atoms with E-state index < -0.39 is 0 Å². The van der Waals surface area contributed by atoms with Crippen molar-refractivity contribution >= 4 is 11.6 Å². The topological polar surface area (TPSA) is 91.6 Å². The second-order valence-electron chi connectivity index (χ2n) is 8.43. The van der Waals surface area contributed by atoms with E-state index in [1.54, 1.807) is 0 Å². The number of nitrogens with zero attached hydrogens (tertiary/aromatic N) is 6. The zero-order chi connectivity index (χ0) is 22.8. The summed E-state index contributed by atoms with van der Waals surface area (Å²) in [5.74, 6) is 2.29. The summed E-state index contributed by atoms with van der Waals surface area (Å²) in [6, 6.07) is 11.4. The fourth-order valence-corrected chi connectivity index (χ4v) is 4.05. The Hall–Kier alpha value is -3.72. The Balaban J connectivity index is 1.17. The number of aromatic nitrogens is 5. The van der Waals surface area contributed by atoms with Crippen LogP contribution in [0.5, 0.6) is 5.75 Å². The number of carbonyl (C=O) groups excluding carboxylic acids is 1. The van der Waals surface area contributed by atoms with Gasteiger partial charge in [0.15, 0.2) is 5.82 Å². The number of amides is 1. The third-order valence-corrected chi connectivity index (χ3v) is 5.78. The number of benzene rings is 1. The maximum atomic E-state index is 13.1. The van der Waals surface area contributed by atoms with Crippen molar-refractivity contribution in [3.63, 3.8) is 0 Å². The average Bonchev–Trinajstić information content (AvgIpc) is 3.42. The highest BCUT2D eigenvalue weighted by atomic mass is 16.5. The number of nitrogens with one attached hydrogen (secondary N) is 1. The van der Waals surface area contributed by atoms with E-state index in [1.807, 2.05) is 65.0 Å². The largest absolute Gasteiger partial charge is 0.487 e. The molecule has 0 aliphatic carbocycles. The minimum atomic E-state index is 0.0250. The Bertz CT molecular complexity index is 1270. The third-order valence-electron chi connectivity index (χ3n) is 5.78. The molecule has 170 valence electrons. The van der Waals surface area contributed by atoms with E-state index in [4.69, 9.17) is 4.74 Å². The predicted octanol–water partition coefficient (Wildman–Crippen LogP) is 2.61. The maximum Gasteiger partial charge on any atom is 0.254 e. The lowest BCUT2D eigenvalue weighted by Crippen LogP contribution is -2.48. The van der Waals surface area contributed by atoms with Gasteiger partial charge in [0.2, 0.25) is 0 Å². The number of ether oxygens (including phenoxy) is 1. The van der Waals surface area contributed by atoms with Gasteiger partial charge in [-0.2, -0.15) is 5.10 Å². The second-order valence-corrected chi connectivity index (χ2v) is 8.43. The van der Waals surface area contributed by atoms with E-state index >= 15 is 0 Å². The van der Waals surface area contributed by atoms with Gasteiger partial charge in [-0.05, 0) is 43.7 Å². The highest BCUT2D eigenvalue weighted by molar-refractivity contribution is 5.94. The van der Waals surface area contributed by atoms with Gasteiger partial charge in [0.25, 0.3) is 5.91 Å². The molecule has 1 aliphatic heterocycles. The molecule has 0 atom stereocenters. The molecule has 1 aromatic carbocycles. The summed E-state index contributed by atoms with van der Waals surface area (Å²) >= 11 is 0. The van der Waals surface area contributed by atoms with E-state index in [0.29, 0.717) is 37.6 Å². The molecule has 33 heavy (non-hydrogen) atoms. The van der Waals surface area contributed by atoms with E-state index in [-0.39, 0.29) is 5.91 Å². The summed E-state index contributed by atoms with van der Waals surface area (Å²) in [6.45, 7) is 7.92. The van der Waals surface area contributed by atoms with Gasteiger partial charge in [-0.3, -0.25) is 14.8 Å². The number of hydrogen-bond acceptors (Lipinski definition) is 6. The van der Waals surface area contributed by atoms with Crippen molar-refractivity contribution in [1.29, 1.82) is 0 Å². The molecule has 1 saturated heterocycles. The number of imidazole rings is 1. The van der Waals surface area contributed by atoms with Gasteiger partial charge in [0.05, 0.1) is 12.2 Å². The van der Waals surface area contributed by atoms with Gasteiger partial charge in [0, 0.05) is 44.1 Å². The molecule has 1 fully saturated rings.